The van der Waals surface area contributed by atoms with Crippen molar-refractivity contribution in [1.29, 1.82) is 0 Å². The van der Waals surface area contributed by atoms with Crippen LogP contribution in [0.2, 0.25) is 0 Å². The van der Waals surface area contributed by atoms with Crippen LogP contribution in [0.1, 0.15) is 32.6 Å². The summed E-state index contributed by atoms with van der Waals surface area (Å²) in [5, 5.41) is 29.2. The Kier molecular flexibility index (Phi) is 11.3. The number of carboxylic acid groups (broad SMARTS) is 1. The number of amides is 4. The first-order valence-electron chi connectivity index (χ1n) is 9.89. The molecule has 0 bridgehead atoms. The summed E-state index contributed by atoms with van der Waals surface area (Å²) in [7, 11) is 0. The van der Waals surface area contributed by atoms with Crippen LogP contribution in [0, 0.1) is 0 Å². The van der Waals surface area contributed by atoms with E-state index < -0.39 is 66.3 Å². The van der Waals surface area contributed by atoms with Gasteiger partial charge in [-0.2, -0.15) is 11.8 Å². The van der Waals surface area contributed by atoms with E-state index in [1.54, 1.807) is 6.26 Å². The van der Waals surface area contributed by atoms with Crippen LogP contribution in [-0.4, -0.2) is 88.6 Å². The minimum Gasteiger partial charge on any atom is -0.480 e. The van der Waals surface area contributed by atoms with Crippen LogP contribution in [-0.2, 0) is 24.0 Å². The van der Waals surface area contributed by atoms with Gasteiger partial charge in [-0.1, -0.05) is 0 Å². The molecular formula is C18H31N5O7S. The first kappa shape index (κ1) is 26.7. The van der Waals surface area contributed by atoms with Crippen molar-refractivity contribution >= 4 is 41.4 Å². The number of hydrogen-bond acceptors (Lipinski definition) is 8. The molecule has 1 aliphatic rings. The molecule has 0 unspecified atom stereocenters. The third kappa shape index (κ3) is 9.11. The Morgan fingerprint density at radius 1 is 1.13 bits per heavy atom. The number of nitrogens with two attached hydrogens (primary N) is 1. The number of carboxylic acids is 1. The number of aliphatic hydroxyl groups is 1. The lowest BCUT2D eigenvalue weighted by atomic mass is 10.1. The van der Waals surface area contributed by atoms with Crippen molar-refractivity contribution in [1.82, 2.24) is 21.3 Å². The zero-order valence-electron chi connectivity index (χ0n) is 17.6. The molecule has 1 aliphatic heterocycles. The molecule has 13 heteroatoms. The third-order valence-electron chi connectivity index (χ3n) is 4.70. The number of hydrogen-bond donors (Lipinski definition) is 7. The fourth-order valence-electron chi connectivity index (χ4n) is 3.00. The van der Waals surface area contributed by atoms with Gasteiger partial charge >= 0.3 is 5.97 Å². The first-order chi connectivity index (χ1) is 14.6. The molecule has 0 aliphatic carbocycles. The summed E-state index contributed by atoms with van der Waals surface area (Å²) in [5.74, 6) is -3.98. The monoisotopic (exact) mass is 461 g/mol. The molecule has 1 fully saturated rings. The lowest BCUT2D eigenvalue weighted by molar-refractivity contribution is -0.142. The fourth-order valence-corrected chi connectivity index (χ4v) is 3.48. The molecule has 1 rings (SSSR count). The second-order valence-corrected chi connectivity index (χ2v) is 8.27. The number of nitrogens with one attached hydrogen (secondary N) is 4. The molecule has 0 radical (unpaired) electrons. The van der Waals surface area contributed by atoms with Crippen LogP contribution in [0.25, 0.3) is 0 Å². The summed E-state index contributed by atoms with van der Waals surface area (Å²) in [6.45, 7) is 1.95. The Labute approximate surface area is 184 Å². The van der Waals surface area contributed by atoms with Gasteiger partial charge in [-0.15, -0.1) is 0 Å². The van der Waals surface area contributed by atoms with E-state index in [9.17, 15) is 34.2 Å². The zero-order chi connectivity index (χ0) is 23.6. The molecule has 31 heavy (non-hydrogen) atoms. The lowest BCUT2D eigenvalue weighted by Gasteiger charge is -2.26. The smallest absolute Gasteiger partial charge is 0.326 e. The van der Waals surface area contributed by atoms with E-state index in [1.807, 2.05) is 0 Å². The number of carbonyl (C=O) groups is 5. The second-order valence-electron chi connectivity index (χ2n) is 7.29. The van der Waals surface area contributed by atoms with Gasteiger partial charge in [-0.25, -0.2) is 4.79 Å². The van der Waals surface area contributed by atoms with E-state index in [0.717, 1.165) is 6.42 Å². The largest absolute Gasteiger partial charge is 0.480 e. The van der Waals surface area contributed by atoms with Crippen molar-refractivity contribution in [2.24, 2.45) is 5.73 Å². The van der Waals surface area contributed by atoms with Crippen LogP contribution in [0.4, 0.5) is 0 Å². The topological polar surface area (TPSA) is 200 Å². The number of aliphatic carboxylic acids is 1. The SMILES string of the molecule is CSCC[C@H](NC(=O)[C@H](CC(N)=O)NC(=O)[C@@H](NC(=O)[C@@H]1CCCN1)[C@@H](C)O)C(=O)O. The fraction of sp³-hybridized carbons (Fsp3) is 0.722. The minimum absolute atomic E-state index is 0.139. The predicted octanol–water partition coefficient (Wildman–Crippen LogP) is -2.71. The number of primary amides is 1. The van der Waals surface area contributed by atoms with Crippen molar-refractivity contribution in [3.8, 4) is 0 Å². The summed E-state index contributed by atoms with van der Waals surface area (Å²) < 4.78 is 0. The summed E-state index contributed by atoms with van der Waals surface area (Å²) in [4.78, 5) is 60.3. The molecule has 0 saturated carbocycles. The van der Waals surface area contributed by atoms with Gasteiger partial charge in [0.05, 0.1) is 18.6 Å². The molecule has 1 heterocycles. The molecule has 8 N–H and O–H groups in total. The van der Waals surface area contributed by atoms with Crippen LogP contribution < -0.4 is 27.0 Å². The van der Waals surface area contributed by atoms with Crippen LogP contribution in [0.5, 0.6) is 0 Å². The summed E-state index contributed by atoms with van der Waals surface area (Å²) in [6.07, 6.45) is 1.42. The molecule has 1 saturated heterocycles. The molecular weight excluding hydrogens is 430 g/mol. The quantitative estimate of drug-likeness (QED) is 0.152. The Balaban J connectivity index is 2.87. The minimum atomic E-state index is -1.47. The van der Waals surface area contributed by atoms with E-state index in [4.69, 9.17) is 5.73 Å². The van der Waals surface area contributed by atoms with E-state index in [1.165, 1.54) is 18.7 Å². The lowest BCUT2D eigenvalue weighted by Crippen LogP contribution is -2.60. The van der Waals surface area contributed by atoms with Crippen molar-refractivity contribution in [3.05, 3.63) is 0 Å². The molecule has 176 valence electrons. The number of rotatable bonds is 13. The Morgan fingerprint density at radius 3 is 2.26 bits per heavy atom. The predicted molar refractivity (Wildman–Crippen MR) is 113 cm³/mol. The van der Waals surface area contributed by atoms with Gasteiger partial charge in [-0.05, 0) is 44.7 Å². The van der Waals surface area contributed by atoms with Gasteiger partial charge in [0.15, 0.2) is 0 Å². The maximum absolute atomic E-state index is 12.7. The number of aliphatic hydroxyl groups excluding tert-OH is 1. The normalized spacial score (nSPS) is 19.5. The van der Waals surface area contributed by atoms with Gasteiger partial charge in [0, 0.05) is 0 Å². The summed E-state index contributed by atoms with van der Waals surface area (Å²) in [6, 6.07) is -4.56. The molecule has 0 spiro atoms. The van der Waals surface area contributed by atoms with E-state index in [2.05, 4.69) is 21.3 Å². The zero-order valence-corrected chi connectivity index (χ0v) is 18.4. The van der Waals surface area contributed by atoms with Gasteiger partial charge in [0.1, 0.15) is 18.1 Å². The summed E-state index contributed by atoms with van der Waals surface area (Å²) in [5.41, 5.74) is 5.16. The molecule has 12 nitrogen and oxygen atoms in total. The maximum Gasteiger partial charge on any atom is 0.326 e. The molecule has 0 aromatic heterocycles. The van der Waals surface area contributed by atoms with Crippen LogP contribution in [0.3, 0.4) is 0 Å². The molecule has 0 aromatic rings. The van der Waals surface area contributed by atoms with Crippen molar-refractivity contribution < 1.29 is 34.2 Å². The molecule has 0 aromatic carbocycles. The van der Waals surface area contributed by atoms with Gasteiger partial charge in [0.25, 0.3) is 0 Å². The first-order valence-corrected chi connectivity index (χ1v) is 11.3. The Hall–Kier alpha value is -2.38. The van der Waals surface area contributed by atoms with E-state index in [0.29, 0.717) is 18.7 Å². The summed E-state index contributed by atoms with van der Waals surface area (Å²) >= 11 is 1.40. The average Bonchev–Trinajstić information content (AvgIpc) is 3.22. The van der Waals surface area contributed by atoms with E-state index in [-0.39, 0.29) is 6.42 Å². The van der Waals surface area contributed by atoms with E-state index >= 15 is 0 Å². The van der Waals surface area contributed by atoms with Crippen LogP contribution in [0.15, 0.2) is 0 Å². The Morgan fingerprint density at radius 2 is 1.77 bits per heavy atom. The molecule has 4 amide bonds. The van der Waals surface area contributed by atoms with Crippen LogP contribution >= 0.6 is 11.8 Å². The van der Waals surface area contributed by atoms with Gasteiger partial charge in [0.2, 0.25) is 23.6 Å². The number of thioether (sulfide) groups is 1. The highest BCUT2D eigenvalue weighted by Gasteiger charge is 2.34. The molecule has 5 atom stereocenters. The number of carbonyl (C=O) groups excluding carboxylic acids is 4. The van der Waals surface area contributed by atoms with Crippen molar-refractivity contribution in [2.45, 2.75) is 62.9 Å². The Bertz CT molecular complexity index is 670. The third-order valence-corrected chi connectivity index (χ3v) is 5.35. The van der Waals surface area contributed by atoms with Crippen molar-refractivity contribution in [2.75, 3.05) is 18.6 Å². The van der Waals surface area contributed by atoms with Gasteiger partial charge < -0.3 is 37.2 Å². The highest BCUT2D eigenvalue weighted by molar-refractivity contribution is 7.98. The van der Waals surface area contributed by atoms with Gasteiger partial charge in [-0.3, -0.25) is 19.2 Å². The highest BCUT2D eigenvalue weighted by atomic mass is 32.2. The highest BCUT2D eigenvalue weighted by Crippen LogP contribution is 2.07. The average molecular weight is 462 g/mol. The second kappa shape index (κ2) is 13.1. The maximum atomic E-state index is 12.7. The standard InChI is InChI=1S/C18H31N5O7S/c1-9(24)14(23-15(26)10-4-3-6-20-10)17(28)22-12(8-13(19)25)16(27)21-11(18(29)30)5-7-31-2/h9-12,14,20,24H,3-8H2,1-2H3,(H2,19,25)(H,21,27)(H,22,28)(H,23,26)(H,29,30)/t9-,10+,11+,12+,14+/m1/s1. The van der Waals surface area contributed by atoms with Crippen molar-refractivity contribution in [3.63, 3.8) is 0 Å².